The lowest BCUT2D eigenvalue weighted by Crippen LogP contribution is -1.96. The zero-order valence-corrected chi connectivity index (χ0v) is 20.8. The third kappa shape index (κ3) is 3.25. The molecule has 8 rings (SSSR count). The van der Waals surface area contributed by atoms with E-state index in [1.54, 1.807) is 36.2 Å². The normalized spacial score (nSPS) is 11.6. The predicted molar refractivity (Wildman–Crippen MR) is 145 cm³/mol. The smallest absolute Gasteiger partial charge is 0.216 e. The van der Waals surface area contributed by atoms with E-state index >= 15 is 0 Å². The summed E-state index contributed by atoms with van der Waals surface area (Å²) in [5.74, 6) is 2.07. The maximum Gasteiger partial charge on any atom is 0.216 e. The number of hydrogen-bond donors (Lipinski definition) is 4. The first-order valence-corrected chi connectivity index (χ1v) is 12.9. The van der Waals surface area contributed by atoms with Crippen LogP contribution < -0.4 is 0 Å². The van der Waals surface area contributed by atoms with E-state index < -0.39 is 0 Å². The number of hydrogen-bond acceptors (Lipinski definition) is 8. The van der Waals surface area contributed by atoms with Gasteiger partial charge in [0.2, 0.25) is 5.82 Å². The summed E-state index contributed by atoms with van der Waals surface area (Å²) in [7, 11) is 0. The van der Waals surface area contributed by atoms with Crippen LogP contribution in [0, 0.1) is 0 Å². The Morgan fingerprint density at radius 1 is 0.821 bits per heavy atom. The fourth-order valence-corrected chi connectivity index (χ4v) is 5.90. The van der Waals surface area contributed by atoms with E-state index in [4.69, 9.17) is 8.83 Å². The van der Waals surface area contributed by atoms with Crippen molar-refractivity contribution in [3.05, 3.63) is 78.9 Å². The van der Waals surface area contributed by atoms with Crippen LogP contribution in [-0.4, -0.2) is 45.8 Å². The van der Waals surface area contributed by atoms with Crippen molar-refractivity contribution in [3.63, 3.8) is 0 Å². The molecule has 12 heteroatoms. The Bertz CT molecular complexity index is 1980. The number of aromatic amines is 4. The molecule has 0 saturated carbocycles. The number of aromatic nitrogens is 9. The molecule has 0 bridgehead atoms. The second-order valence-corrected chi connectivity index (χ2v) is 9.64. The molecule has 0 spiro atoms. The largest absolute Gasteiger partial charge is 0.464 e. The average molecular weight is 532 g/mol. The van der Waals surface area contributed by atoms with Gasteiger partial charge >= 0.3 is 0 Å². The minimum atomic E-state index is 0.370. The molecule has 0 aliphatic carbocycles. The number of tetrazole rings is 1. The van der Waals surface area contributed by atoms with Gasteiger partial charge in [0.05, 0.1) is 23.1 Å². The van der Waals surface area contributed by atoms with Gasteiger partial charge in [-0.05, 0) is 52.2 Å². The SMILES string of the molecule is c1c[nH]c(-c2c(-c3cccs3)c(-c3ccco3)c3oc(-c4nnn[nH]4)c(-c4ncc[nH]4)c3c2-c2cc[nH]n2)c1. The molecular formula is C27H17N9O2S. The van der Waals surface area contributed by atoms with Crippen LogP contribution >= 0.6 is 11.3 Å². The number of H-pyrrole nitrogens is 4. The van der Waals surface area contributed by atoms with Gasteiger partial charge in [-0.15, -0.1) is 16.4 Å². The van der Waals surface area contributed by atoms with Gasteiger partial charge in [-0.2, -0.15) is 5.10 Å². The van der Waals surface area contributed by atoms with Crippen LogP contribution in [0.1, 0.15) is 0 Å². The number of nitrogens with one attached hydrogen (secondary N) is 4. The molecule has 7 heterocycles. The topological polar surface area (TPSA) is 154 Å². The van der Waals surface area contributed by atoms with Gasteiger partial charge in [0.15, 0.2) is 5.76 Å². The van der Waals surface area contributed by atoms with Crippen LogP contribution in [0.3, 0.4) is 0 Å². The summed E-state index contributed by atoms with van der Waals surface area (Å²) in [6.07, 6.45) is 8.84. The van der Waals surface area contributed by atoms with E-state index in [1.807, 2.05) is 42.6 Å². The highest BCUT2D eigenvalue weighted by atomic mass is 32.1. The number of thiophene rings is 1. The fraction of sp³-hybridized carbons (Fsp3) is 0. The number of rotatable bonds is 6. The molecule has 0 fully saturated rings. The van der Waals surface area contributed by atoms with E-state index in [1.165, 1.54) is 0 Å². The molecule has 0 aliphatic rings. The second-order valence-electron chi connectivity index (χ2n) is 8.70. The van der Waals surface area contributed by atoms with Gasteiger partial charge in [-0.25, -0.2) is 10.1 Å². The highest BCUT2D eigenvalue weighted by Crippen LogP contribution is 2.55. The van der Waals surface area contributed by atoms with Crippen molar-refractivity contribution in [1.29, 1.82) is 0 Å². The molecule has 8 aromatic rings. The standard InChI is InChI=1S/C27H17N9O2S/c1-4-14(28-8-1)18-19(15-7-9-31-32-15)22-23(26-29-10-11-30-26)25(27-33-35-36-34-27)38-24(22)20(16-5-2-12-37-16)21(18)17-6-3-13-39-17/h1-13,28H,(H,29,30)(H,31,32)(H,33,34,35,36). The number of furan rings is 2. The van der Waals surface area contributed by atoms with Gasteiger partial charge < -0.3 is 18.8 Å². The van der Waals surface area contributed by atoms with Crippen molar-refractivity contribution in [2.24, 2.45) is 0 Å². The summed E-state index contributed by atoms with van der Waals surface area (Å²) in [6.45, 7) is 0. The predicted octanol–water partition coefficient (Wildman–Crippen LogP) is 6.38. The van der Waals surface area contributed by atoms with Crippen molar-refractivity contribution in [3.8, 4) is 67.3 Å². The van der Waals surface area contributed by atoms with E-state index in [0.29, 0.717) is 34.3 Å². The van der Waals surface area contributed by atoms with Gasteiger partial charge in [0, 0.05) is 57.4 Å². The lowest BCUT2D eigenvalue weighted by Gasteiger charge is -2.18. The molecular weight excluding hydrogens is 514 g/mol. The average Bonchev–Trinajstić information content (AvgIpc) is 3.83. The Balaban J connectivity index is 1.68. The monoisotopic (exact) mass is 531 g/mol. The number of benzene rings is 1. The quantitative estimate of drug-likeness (QED) is 0.194. The lowest BCUT2D eigenvalue weighted by atomic mass is 9.86. The summed E-state index contributed by atoms with van der Waals surface area (Å²) in [5.41, 5.74) is 6.52. The van der Waals surface area contributed by atoms with Crippen LogP contribution in [0.5, 0.6) is 0 Å². The number of fused-ring (bicyclic) bond motifs is 1. The van der Waals surface area contributed by atoms with Crippen LogP contribution in [0.25, 0.3) is 78.2 Å². The molecule has 0 aliphatic heterocycles. The molecule has 188 valence electrons. The van der Waals surface area contributed by atoms with Crippen molar-refractivity contribution in [2.75, 3.05) is 0 Å². The molecule has 0 unspecified atom stereocenters. The minimum absolute atomic E-state index is 0.370. The highest BCUT2D eigenvalue weighted by Gasteiger charge is 2.34. The zero-order chi connectivity index (χ0) is 25.8. The summed E-state index contributed by atoms with van der Waals surface area (Å²) < 4.78 is 12.8. The van der Waals surface area contributed by atoms with Crippen LogP contribution in [0.2, 0.25) is 0 Å². The zero-order valence-electron chi connectivity index (χ0n) is 20.0. The van der Waals surface area contributed by atoms with Crippen LogP contribution in [0.15, 0.2) is 87.7 Å². The molecule has 4 N–H and O–H groups in total. The first-order valence-electron chi connectivity index (χ1n) is 12.0. The van der Waals surface area contributed by atoms with Crippen LogP contribution in [0.4, 0.5) is 0 Å². The number of nitrogens with zero attached hydrogens (tertiary/aromatic N) is 5. The molecule has 0 radical (unpaired) electrons. The lowest BCUT2D eigenvalue weighted by molar-refractivity contribution is 0.578. The molecule has 1 aromatic carbocycles. The van der Waals surface area contributed by atoms with E-state index in [2.05, 4.69) is 57.2 Å². The van der Waals surface area contributed by atoms with E-state index in [0.717, 1.165) is 43.9 Å². The Morgan fingerprint density at radius 2 is 1.82 bits per heavy atom. The second kappa shape index (κ2) is 8.53. The highest BCUT2D eigenvalue weighted by molar-refractivity contribution is 7.13. The van der Waals surface area contributed by atoms with E-state index in [-0.39, 0.29) is 0 Å². The third-order valence-electron chi connectivity index (χ3n) is 6.59. The van der Waals surface area contributed by atoms with Gasteiger partial charge in [0.1, 0.15) is 17.2 Å². The molecule has 7 aromatic heterocycles. The van der Waals surface area contributed by atoms with Crippen LogP contribution in [-0.2, 0) is 0 Å². The van der Waals surface area contributed by atoms with E-state index in [9.17, 15) is 0 Å². The van der Waals surface area contributed by atoms with Crippen molar-refractivity contribution >= 4 is 22.3 Å². The Kier molecular flexibility index (Phi) is 4.72. The summed E-state index contributed by atoms with van der Waals surface area (Å²) in [4.78, 5) is 12.3. The number of imidazole rings is 1. The Morgan fingerprint density at radius 3 is 2.51 bits per heavy atom. The third-order valence-corrected chi connectivity index (χ3v) is 7.48. The maximum atomic E-state index is 6.73. The van der Waals surface area contributed by atoms with Gasteiger partial charge in [-0.3, -0.25) is 5.10 Å². The first-order chi connectivity index (χ1) is 19.4. The van der Waals surface area contributed by atoms with Crippen molar-refractivity contribution in [2.45, 2.75) is 0 Å². The Labute approximate surface area is 222 Å². The molecule has 39 heavy (non-hydrogen) atoms. The van der Waals surface area contributed by atoms with Crippen molar-refractivity contribution < 1.29 is 8.83 Å². The minimum Gasteiger partial charge on any atom is -0.464 e. The maximum absolute atomic E-state index is 6.73. The van der Waals surface area contributed by atoms with Gasteiger partial charge in [-0.1, -0.05) is 6.07 Å². The molecule has 0 amide bonds. The summed E-state index contributed by atoms with van der Waals surface area (Å²) in [5, 5.41) is 25.1. The first kappa shape index (κ1) is 21.6. The molecule has 0 atom stereocenters. The Hall–Kier alpha value is -5.49. The summed E-state index contributed by atoms with van der Waals surface area (Å²) in [6, 6.07) is 13.9. The van der Waals surface area contributed by atoms with Gasteiger partial charge in [0.25, 0.3) is 0 Å². The van der Waals surface area contributed by atoms with Crippen molar-refractivity contribution in [1.82, 2.24) is 45.8 Å². The summed E-state index contributed by atoms with van der Waals surface area (Å²) >= 11 is 1.64. The molecule has 0 saturated heterocycles. The molecule has 11 nitrogen and oxygen atoms in total. The fourth-order valence-electron chi connectivity index (χ4n) is 5.12.